The van der Waals surface area contributed by atoms with Crippen molar-refractivity contribution in [2.24, 2.45) is 0 Å². The highest BCUT2D eigenvalue weighted by atomic mass is 16.5. The van der Waals surface area contributed by atoms with E-state index >= 15 is 0 Å². The van der Waals surface area contributed by atoms with E-state index < -0.39 is 0 Å². The van der Waals surface area contributed by atoms with Gasteiger partial charge >= 0.3 is 0 Å². The minimum Gasteiger partial charge on any atom is -0.457 e. The maximum absolute atomic E-state index is 12.9. The van der Waals surface area contributed by atoms with Gasteiger partial charge in [0.15, 0.2) is 0 Å². The van der Waals surface area contributed by atoms with E-state index in [9.17, 15) is 4.79 Å². The normalized spacial score (nSPS) is 11.2. The SMILES string of the molecule is CC(C)(C)Nc1c(NC(=O)Cc2cccc(Oc3ccccc3)c2)cnc2ccccc12. The molecular formula is C27H27N3O2. The molecule has 0 aliphatic rings. The Hall–Kier alpha value is -3.86. The summed E-state index contributed by atoms with van der Waals surface area (Å²) in [5, 5.41) is 7.53. The number of nitrogens with zero attached hydrogens (tertiary/aromatic N) is 1. The summed E-state index contributed by atoms with van der Waals surface area (Å²) in [7, 11) is 0. The molecule has 0 bridgehead atoms. The van der Waals surface area contributed by atoms with Gasteiger partial charge in [-0.2, -0.15) is 0 Å². The van der Waals surface area contributed by atoms with Crippen LogP contribution in [0.5, 0.6) is 11.5 Å². The number of amides is 1. The van der Waals surface area contributed by atoms with Crippen molar-refractivity contribution in [3.05, 3.63) is 90.6 Å². The first-order valence-corrected chi connectivity index (χ1v) is 10.6. The van der Waals surface area contributed by atoms with Gasteiger partial charge in [0.2, 0.25) is 5.91 Å². The Kier molecular flexibility index (Phi) is 6.08. The minimum atomic E-state index is -0.174. The van der Waals surface area contributed by atoms with Crippen molar-refractivity contribution in [2.45, 2.75) is 32.7 Å². The monoisotopic (exact) mass is 425 g/mol. The molecule has 5 heteroatoms. The van der Waals surface area contributed by atoms with Crippen molar-refractivity contribution in [1.82, 2.24) is 4.98 Å². The number of para-hydroxylation sites is 2. The molecule has 0 radical (unpaired) electrons. The second kappa shape index (κ2) is 9.10. The Labute approximate surface area is 188 Å². The number of aromatic nitrogens is 1. The number of carbonyl (C=O) groups excluding carboxylic acids is 1. The molecule has 0 saturated heterocycles. The summed E-state index contributed by atoms with van der Waals surface area (Å²) >= 11 is 0. The zero-order valence-corrected chi connectivity index (χ0v) is 18.6. The molecular weight excluding hydrogens is 398 g/mol. The van der Waals surface area contributed by atoms with Crippen LogP contribution >= 0.6 is 0 Å². The molecule has 1 amide bonds. The number of rotatable bonds is 6. The van der Waals surface area contributed by atoms with Crippen molar-refractivity contribution in [3.8, 4) is 11.5 Å². The van der Waals surface area contributed by atoms with Crippen LogP contribution < -0.4 is 15.4 Å². The number of ether oxygens (including phenoxy) is 1. The molecule has 0 aliphatic carbocycles. The average Bonchev–Trinajstić information content (AvgIpc) is 2.75. The molecule has 32 heavy (non-hydrogen) atoms. The fourth-order valence-electron chi connectivity index (χ4n) is 3.47. The first kappa shape index (κ1) is 21.4. The summed E-state index contributed by atoms with van der Waals surface area (Å²) in [6.45, 7) is 6.27. The summed E-state index contributed by atoms with van der Waals surface area (Å²) in [5.74, 6) is 1.34. The summed E-state index contributed by atoms with van der Waals surface area (Å²) in [6, 6.07) is 25.1. The zero-order chi connectivity index (χ0) is 22.6. The minimum absolute atomic E-state index is 0.115. The van der Waals surface area contributed by atoms with Crippen LogP contribution in [0.1, 0.15) is 26.3 Å². The lowest BCUT2D eigenvalue weighted by Gasteiger charge is -2.25. The number of benzene rings is 3. The van der Waals surface area contributed by atoms with Gasteiger partial charge in [-0.3, -0.25) is 9.78 Å². The van der Waals surface area contributed by atoms with E-state index in [4.69, 9.17) is 4.74 Å². The fourth-order valence-corrected chi connectivity index (χ4v) is 3.47. The number of pyridine rings is 1. The van der Waals surface area contributed by atoms with E-state index in [1.807, 2.05) is 78.9 Å². The maximum atomic E-state index is 12.9. The third-order valence-electron chi connectivity index (χ3n) is 4.79. The lowest BCUT2D eigenvalue weighted by atomic mass is 10.1. The van der Waals surface area contributed by atoms with E-state index in [1.54, 1.807) is 6.20 Å². The van der Waals surface area contributed by atoms with Gasteiger partial charge in [0, 0.05) is 10.9 Å². The number of hydrogen-bond donors (Lipinski definition) is 2. The van der Waals surface area contributed by atoms with Crippen LogP contribution in [0.15, 0.2) is 85.1 Å². The van der Waals surface area contributed by atoms with Gasteiger partial charge in [0.1, 0.15) is 11.5 Å². The third-order valence-corrected chi connectivity index (χ3v) is 4.79. The zero-order valence-electron chi connectivity index (χ0n) is 18.6. The Balaban J connectivity index is 1.53. The molecule has 4 aromatic rings. The van der Waals surface area contributed by atoms with Gasteiger partial charge < -0.3 is 15.4 Å². The number of anilines is 2. The second-order valence-corrected chi connectivity index (χ2v) is 8.73. The molecule has 1 heterocycles. The number of hydrogen-bond acceptors (Lipinski definition) is 4. The highest BCUT2D eigenvalue weighted by molar-refractivity contribution is 6.03. The summed E-state index contributed by atoms with van der Waals surface area (Å²) < 4.78 is 5.89. The van der Waals surface area contributed by atoms with Gasteiger partial charge in [-0.25, -0.2) is 0 Å². The second-order valence-electron chi connectivity index (χ2n) is 8.73. The van der Waals surface area contributed by atoms with Crippen LogP contribution in [0, 0.1) is 0 Å². The van der Waals surface area contributed by atoms with Gasteiger partial charge in [-0.15, -0.1) is 0 Å². The molecule has 162 valence electrons. The predicted molar refractivity (Wildman–Crippen MR) is 130 cm³/mol. The van der Waals surface area contributed by atoms with E-state index in [0.717, 1.165) is 27.9 Å². The molecule has 3 aromatic carbocycles. The van der Waals surface area contributed by atoms with E-state index in [2.05, 4.69) is 36.4 Å². The lowest BCUT2D eigenvalue weighted by molar-refractivity contribution is -0.115. The van der Waals surface area contributed by atoms with Gasteiger partial charge in [-0.05, 0) is 56.7 Å². The van der Waals surface area contributed by atoms with Crippen molar-refractivity contribution < 1.29 is 9.53 Å². The van der Waals surface area contributed by atoms with Crippen LogP contribution in [0.3, 0.4) is 0 Å². The van der Waals surface area contributed by atoms with Gasteiger partial charge in [-0.1, -0.05) is 48.5 Å². The predicted octanol–water partition coefficient (Wildman–Crippen LogP) is 6.42. The third kappa shape index (κ3) is 5.43. The molecule has 0 spiro atoms. The molecule has 4 rings (SSSR count). The first-order chi connectivity index (χ1) is 15.4. The van der Waals surface area contributed by atoms with E-state index in [-0.39, 0.29) is 17.9 Å². The molecule has 2 N–H and O–H groups in total. The molecule has 0 unspecified atom stereocenters. The first-order valence-electron chi connectivity index (χ1n) is 10.6. The molecule has 0 saturated carbocycles. The smallest absolute Gasteiger partial charge is 0.228 e. The van der Waals surface area contributed by atoms with Crippen LogP contribution in [0.25, 0.3) is 10.9 Å². The largest absolute Gasteiger partial charge is 0.457 e. The highest BCUT2D eigenvalue weighted by Crippen LogP contribution is 2.32. The molecule has 0 aliphatic heterocycles. The lowest BCUT2D eigenvalue weighted by Crippen LogP contribution is -2.27. The standard InChI is InChI=1S/C27H27N3O2/c1-27(2,3)30-26-22-14-7-8-15-23(22)28-18-24(26)29-25(31)17-19-10-9-13-21(16-19)32-20-11-5-4-6-12-20/h4-16,18H,17H2,1-3H3,(H,28,30)(H,29,31). The van der Waals surface area contributed by atoms with Gasteiger partial charge in [0.25, 0.3) is 0 Å². The number of nitrogens with one attached hydrogen (secondary N) is 2. The molecule has 1 aromatic heterocycles. The Morgan fingerprint density at radius 3 is 2.41 bits per heavy atom. The van der Waals surface area contributed by atoms with Crippen molar-refractivity contribution in [3.63, 3.8) is 0 Å². The van der Waals surface area contributed by atoms with E-state index in [0.29, 0.717) is 11.4 Å². The Morgan fingerprint density at radius 2 is 1.62 bits per heavy atom. The summed E-state index contributed by atoms with van der Waals surface area (Å²) in [5.41, 5.74) is 3.11. The van der Waals surface area contributed by atoms with Crippen LogP contribution in [-0.2, 0) is 11.2 Å². The van der Waals surface area contributed by atoms with Crippen LogP contribution in [0.2, 0.25) is 0 Å². The van der Waals surface area contributed by atoms with Gasteiger partial charge in [0.05, 0.1) is 29.5 Å². The van der Waals surface area contributed by atoms with Crippen molar-refractivity contribution in [1.29, 1.82) is 0 Å². The summed E-state index contributed by atoms with van der Waals surface area (Å²) in [4.78, 5) is 17.4. The number of carbonyl (C=O) groups is 1. The molecule has 0 atom stereocenters. The van der Waals surface area contributed by atoms with Crippen molar-refractivity contribution >= 4 is 28.2 Å². The average molecular weight is 426 g/mol. The van der Waals surface area contributed by atoms with Crippen molar-refractivity contribution in [2.75, 3.05) is 10.6 Å². The highest BCUT2D eigenvalue weighted by Gasteiger charge is 2.17. The topological polar surface area (TPSA) is 63.2 Å². The van der Waals surface area contributed by atoms with Crippen LogP contribution in [0.4, 0.5) is 11.4 Å². The van der Waals surface area contributed by atoms with E-state index in [1.165, 1.54) is 0 Å². The summed E-state index contributed by atoms with van der Waals surface area (Å²) in [6.07, 6.45) is 1.94. The van der Waals surface area contributed by atoms with Crippen LogP contribution in [-0.4, -0.2) is 16.4 Å². The number of fused-ring (bicyclic) bond motifs is 1. The quantitative estimate of drug-likeness (QED) is 0.374. The fraction of sp³-hybridized carbons (Fsp3) is 0.185. The Bertz CT molecular complexity index is 1230. The maximum Gasteiger partial charge on any atom is 0.228 e. The molecule has 0 fully saturated rings. The Morgan fingerprint density at radius 1 is 0.906 bits per heavy atom. The molecule has 5 nitrogen and oxygen atoms in total.